The molecule has 1 amide bonds. The predicted molar refractivity (Wildman–Crippen MR) is 66.1 cm³/mol. The van der Waals surface area contributed by atoms with Crippen molar-refractivity contribution >= 4 is 5.91 Å². The van der Waals surface area contributed by atoms with E-state index in [4.69, 9.17) is 5.73 Å². The first-order chi connectivity index (χ1) is 7.46. The highest BCUT2D eigenvalue weighted by Crippen LogP contribution is 2.15. The molecule has 0 aliphatic heterocycles. The van der Waals surface area contributed by atoms with Gasteiger partial charge >= 0.3 is 0 Å². The van der Waals surface area contributed by atoms with E-state index in [1.54, 1.807) is 0 Å². The summed E-state index contributed by atoms with van der Waals surface area (Å²) in [6.45, 7) is 6.17. The monoisotopic (exact) mass is 220 g/mol. The van der Waals surface area contributed by atoms with E-state index in [1.165, 1.54) is 0 Å². The van der Waals surface area contributed by atoms with Gasteiger partial charge in [-0.25, -0.2) is 0 Å². The number of hydrogen-bond acceptors (Lipinski definition) is 2. The fraction of sp³-hybridized carbons (Fsp3) is 0.462. The maximum atomic E-state index is 12.0. The Morgan fingerprint density at radius 3 is 2.44 bits per heavy atom. The van der Waals surface area contributed by atoms with Crippen LogP contribution in [0.2, 0.25) is 0 Å². The van der Waals surface area contributed by atoms with Crippen molar-refractivity contribution in [3.8, 4) is 0 Å². The summed E-state index contributed by atoms with van der Waals surface area (Å²) in [6.07, 6.45) is 0. The van der Waals surface area contributed by atoms with Gasteiger partial charge in [0.15, 0.2) is 0 Å². The number of amides is 1. The molecule has 0 aliphatic carbocycles. The molecule has 0 aliphatic rings. The van der Waals surface area contributed by atoms with Gasteiger partial charge < -0.3 is 11.1 Å². The Bertz CT molecular complexity index is 346. The Morgan fingerprint density at radius 2 is 1.94 bits per heavy atom. The van der Waals surface area contributed by atoms with Crippen molar-refractivity contribution in [1.29, 1.82) is 0 Å². The summed E-state index contributed by atoms with van der Waals surface area (Å²) in [4.78, 5) is 12.0. The topological polar surface area (TPSA) is 55.1 Å². The largest absolute Gasteiger partial charge is 0.349 e. The van der Waals surface area contributed by atoms with Crippen LogP contribution in [-0.4, -0.2) is 18.0 Å². The molecule has 0 bridgehead atoms. The van der Waals surface area contributed by atoms with Crippen molar-refractivity contribution in [2.75, 3.05) is 6.54 Å². The standard InChI is InChI=1S/C13H20N2O/c1-10(11-7-5-4-6-8-11)12(16)15-13(2,3)9-14/h4-8,10H,9,14H2,1-3H3,(H,15,16). The van der Waals surface area contributed by atoms with Crippen LogP contribution in [0, 0.1) is 0 Å². The van der Waals surface area contributed by atoms with E-state index >= 15 is 0 Å². The third-order valence-corrected chi connectivity index (χ3v) is 2.66. The van der Waals surface area contributed by atoms with Gasteiger partial charge in [0.05, 0.1) is 5.92 Å². The van der Waals surface area contributed by atoms with Crippen molar-refractivity contribution in [1.82, 2.24) is 5.32 Å². The Labute approximate surface area is 97.0 Å². The minimum atomic E-state index is -0.347. The lowest BCUT2D eigenvalue weighted by Gasteiger charge is -2.26. The number of carbonyl (C=O) groups excluding carboxylic acids is 1. The number of nitrogens with one attached hydrogen (secondary N) is 1. The van der Waals surface area contributed by atoms with E-state index in [0.29, 0.717) is 6.54 Å². The second-order valence-corrected chi connectivity index (χ2v) is 4.71. The summed E-state index contributed by atoms with van der Waals surface area (Å²) in [5.41, 5.74) is 6.25. The average Bonchev–Trinajstić information content (AvgIpc) is 2.28. The molecule has 1 aromatic rings. The van der Waals surface area contributed by atoms with Crippen LogP contribution in [0.5, 0.6) is 0 Å². The van der Waals surface area contributed by atoms with Crippen LogP contribution in [0.4, 0.5) is 0 Å². The van der Waals surface area contributed by atoms with Crippen LogP contribution in [0.3, 0.4) is 0 Å². The lowest BCUT2D eigenvalue weighted by atomic mass is 9.98. The molecule has 3 N–H and O–H groups in total. The zero-order chi connectivity index (χ0) is 12.2. The Hall–Kier alpha value is -1.35. The number of rotatable bonds is 4. The Balaban J connectivity index is 2.69. The van der Waals surface area contributed by atoms with Crippen LogP contribution < -0.4 is 11.1 Å². The molecule has 0 fully saturated rings. The van der Waals surface area contributed by atoms with E-state index < -0.39 is 0 Å². The smallest absolute Gasteiger partial charge is 0.227 e. The molecule has 0 spiro atoms. The van der Waals surface area contributed by atoms with Gasteiger partial charge in [0.1, 0.15) is 0 Å². The highest BCUT2D eigenvalue weighted by molar-refractivity contribution is 5.83. The molecule has 0 heterocycles. The van der Waals surface area contributed by atoms with Gasteiger partial charge in [-0.3, -0.25) is 4.79 Å². The SMILES string of the molecule is CC(C(=O)NC(C)(C)CN)c1ccccc1. The van der Waals surface area contributed by atoms with Crippen LogP contribution in [-0.2, 0) is 4.79 Å². The van der Waals surface area contributed by atoms with Crippen LogP contribution in [0.15, 0.2) is 30.3 Å². The number of carbonyl (C=O) groups is 1. The first-order valence-electron chi connectivity index (χ1n) is 5.53. The third-order valence-electron chi connectivity index (χ3n) is 2.66. The maximum absolute atomic E-state index is 12.0. The van der Waals surface area contributed by atoms with E-state index in [2.05, 4.69) is 5.32 Å². The van der Waals surface area contributed by atoms with E-state index in [-0.39, 0.29) is 17.4 Å². The molecule has 0 radical (unpaired) electrons. The average molecular weight is 220 g/mol. The molecule has 1 rings (SSSR count). The molecule has 1 atom stereocenters. The zero-order valence-corrected chi connectivity index (χ0v) is 10.2. The number of benzene rings is 1. The van der Waals surface area contributed by atoms with Crippen molar-refractivity contribution in [3.63, 3.8) is 0 Å². The van der Waals surface area contributed by atoms with Crippen LogP contribution in [0.1, 0.15) is 32.3 Å². The molecule has 0 saturated carbocycles. The molecule has 0 saturated heterocycles. The lowest BCUT2D eigenvalue weighted by molar-refractivity contribution is -0.123. The molecular formula is C13H20N2O. The summed E-state index contributed by atoms with van der Waals surface area (Å²) in [5.74, 6) is -0.131. The van der Waals surface area contributed by atoms with Crippen molar-refractivity contribution in [3.05, 3.63) is 35.9 Å². The van der Waals surface area contributed by atoms with Crippen molar-refractivity contribution in [2.24, 2.45) is 5.73 Å². The van der Waals surface area contributed by atoms with Crippen molar-refractivity contribution in [2.45, 2.75) is 32.2 Å². The summed E-state index contributed by atoms with van der Waals surface area (Å²) in [5, 5.41) is 2.94. The van der Waals surface area contributed by atoms with Crippen molar-refractivity contribution < 1.29 is 4.79 Å². The second kappa shape index (κ2) is 5.12. The summed E-state index contributed by atoms with van der Waals surface area (Å²) in [6, 6.07) is 9.73. The molecule has 0 aromatic heterocycles. The quantitative estimate of drug-likeness (QED) is 0.810. The third kappa shape index (κ3) is 3.35. The fourth-order valence-electron chi connectivity index (χ4n) is 1.39. The molecular weight excluding hydrogens is 200 g/mol. The van der Waals surface area contributed by atoms with Gasteiger partial charge in [-0.15, -0.1) is 0 Å². The van der Waals surface area contributed by atoms with Gasteiger partial charge in [0, 0.05) is 12.1 Å². The molecule has 3 nitrogen and oxygen atoms in total. The lowest BCUT2D eigenvalue weighted by Crippen LogP contribution is -2.50. The summed E-state index contributed by atoms with van der Waals surface area (Å²) in [7, 11) is 0. The molecule has 1 aromatic carbocycles. The Kier molecular flexibility index (Phi) is 4.07. The van der Waals surface area contributed by atoms with Gasteiger partial charge in [0.2, 0.25) is 5.91 Å². The minimum Gasteiger partial charge on any atom is -0.349 e. The number of nitrogens with two attached hydrogens (primary N) is 1. The molecule has 16 heavy (non-hydrogen) atoms. The number of hydrogen-bond donors (Lipinski definition) is 2. The van der Waals surface area contributed by atoms with E-state index in [9.17, 15) is 4.79 Å². The minimum absolute atomic E-state index is 0.0154. The maximum Gasteiger partial charge on any atom is 0.227 e. The van der Waals surface area contributed by atoms with E-state index in [1.807, 2.05) is 51.1 Å². The molecule has 88 valence electrons. The summed E-state index contributed by atoms with van der Waals surface area (Å²) < 4.78 is 0. The first-order valence-corrected chi connectivity index (χ1v) is 5.53. The molecule has 3 heteroatoms. The van der Waals surface area contributed by atoms with Crippen LogP contribution in [0.25, 0.3) is 0 Å². The van der Waals surface area contributed by atoms with Crippen LogP contribution >= 0.6 is 0 Å². The fourth-order valence-corrected chi connectivity index (χ4v) is 1.39. The predicted octanol–water partition coefficient (Wildman–Crippen LogP) is 1.64. The second-order valence-electron chi connectivity index (χ2n) is 4.71. The highest BCUT2D eigenvalue weighted by atomic mass is 16.2. The van der Waals surface area contributed by atoms with E-state index in [0.717, 1.165) is 5.56 Å². The molecule has 1 unspecified atom stereocenters. The van der Waals surface area contributed by atoms with Gasteiger partial charge in [-0.05, 0) is 26.3 Å². The normalized spacial score (nSPS) is 13.2. The summed E-state index contributed by atoms with van der Waals surface area (Å²) >= 11 is 0. The van der Waals surface area contributed by atoms with Gasteiger partial charge in [0.25, 0.3) is 0 Å². The Morgan fingerprint density at radius 1 is 1.38 bits per heavy atom. The van der Waals surface area contributed by atoms with Gasteiger partial charge in [-0.2, -0.15) is 0 Å². The first kappa shape index (κ1) is 12.7. The van der Waals surface area contributed by atoms with Gasteiger partial charge in [-0.1, -0.05) is 30.3 Å². The highest BCUT2D eigenvalue weighted by Gasteiger charge is 2.22. The zero-order valence-electron chi connectivity index (χ0n) is 10.2.